The fraction of sp³-hybridized carbons (Fsp3) is 0.333. The van der Waals surface area contributed by atoms with E-state index < -0.39 is 6.10 Å². The van der Waals surface area contributed by atoms with E-state index in [0.29, 0.717) is 13.0 Å². The normalized spacial score (nSPS) is 12.8. The van der Waals surface area contributed by atoms with Crippen LogP contribution in [-0.4, -0.2) is 18.3 Å². The van der Waals surface area contributed by atoms with Gasteiger partial charge in [0.25, 0.3) is 0 Å². The topological polar surface area (TPSA) is 38.7 Å². The molecule has 3 nitrogen and oxygen atoms in total. The minimum Gasteiger partial charge on any atom is -0.497 e. The molecule has 4 heteroatoms. The van der Waals surface area contributed by atoms with Gasteiger partial charge in [-0.15, -0.1) is 5.92 Å². The van der Waals surface area contributed by atoms with Gasteiger partial charge >= 0.3 is 0 Å². The molecule has 2 unspecified atom stereocenters. The summed E-state index contributed by atoms with van der Waals surface area (Å²) in [5.41, 5.74) is 2.96. The van der Waals surface area contributed by atoms with E-state index in [-0.39, 0.29) is 6.10 Å². The molecule has 0 radical (unpaired) electrons. The average molecular weight is 403 g/mol. The van der Waals surface area contributed by atoms with Gasteiger partial charge in [0.15, 0.2) is 0 Å². The van der Waals surface area contributed by atoms with E-state index >= 15 is 0 Å². The van der Waals surface area contributed by atoms with E-state index in [0.717, 1.165) is 26.9 Å². The molecule has 0 amide bonds. The van der Waals surface area contributed by atoms with Crippen molar-refractivity contribution in [1.29, 1.82) is 0 Å². The van der Waals surface area contributed by atoms with Crippen molar-refractivity contribution in [2.24, 2.45) is 0 Å². The molecule has 132 valence electrons. The molecule has 0 aromatic heterocycles. The Morgan fingerprint density at radius 3 is 2.48 bits per heavy atom. The van der Waals surface area contributed by atoms with Gasteiger partial charge in [-0.1, -0.05) is 34.0 Å². The number of hydrogen-bond acceptors (Lipinski definition) is 3. The fourth-order valence-electron chi connectivity index (χ4n) is 2.56. The average Bonchev–Trinajstić information content (AvgIpc) is 2.60. The predicted molar refractivity (Wildman–Crippen MR) is 104 cm³/mol. The van der Waals surface area contributed by atoms with Gasteiger partial charge in [-0.3, -0.25) is 0 Å². The van der Waals surface area contributed by atoms with Gasteiger partial charge in [0.05, 0.1) is 25.9 Å². The van der Waals surface area contributed by atoms with E-state index in [1.165, 1.54) is 0 Å². The van der Waals surface area contributed by atoms with Crippen LogP contribution in [0.2, 0.25) is 0 Å². The van der Waals surface area contributed by atoms with Crippen molar-refractivity contribution in [1.82, 2.24) is 0 Å². The Hall–Kier alpha value is -1.80. The Balaban J connectivity index is 2.23. The number of hydrogen-bond donors (Lipinski definition) is 1. The van der Waals surface area contributed by atoms with E-state index in [1.54, 1.807) is 14.0 Å². The van der Waals surface area contributed by atoms with Crippen molar-refractivity contribution in [2.45, 2.75) is 39.1 Å². The van der Waals surface area contributed by atoms with Crippen molar-refractivity contribution >= 4 is 15.9 Å². The van der Waals surface area contributed by atoms with Crippen LogP contribution in [0.25, 0.3) is 0 Å². The minimum atomic E-state index is -0.470. The van der Waals surface area contributed by atoms with Crippen LogP contribution in [0.15, 0.2) is 46.9 Å². The van der Waals surface area contributed by atoms with Crippen LogP contribution in [-0.2, 0) is 11.3 Å². The third kappa shape index (κ3) is 5.89. The summed E-state index contributed by atoms with van der Waals surface area (Å²) in [6.07, 6.45) is -0.205. The third-order valence-electron chi connectivity index (χ3n) is 3.79. The van der Waals surface area contributed by atoms with Gasteiger partial charge < -0.3 is 14.6 Å². The molecule has 0 spiro atoms. The second-order valence-electron chi connectivity index (χ2n) is 5.84. The number of benzene rings is 2. The van der Waals surface area contributed by atoms with E-state index in [2.05, 4.69) is 27.8 Å². The van der Waals surface area contributed by atoms with E-state index in [4.69, 9.17) is 9.47 Å². The SMILES string of the molecule is CC#Cc1ccc(Br)cc1C(CC(C)O)OCc1ccc(OC)cc1. The second kappa shape index (κ2) is 9.62. The number of methoxy groups -OCH3 is 1. The zero-order chi connectivity index (χ0) is 18.2. The van der Waals surface area contributed by atoms with Crippen molar-refractivity contribution in [3.63, 3.8) is 0 Å². The van der Waals surface area contributed by atoms with E-state index in [9.17, 15) is 5.11 Å². The molecule has 2 aromatic rings. The molecule has 0 aliphatic carbocycles. The molecule has 0 bridgehead atoms. The van der Waals surface area contributed by atoms with Gasteiger partial charge in [0.2, 0.25) is 0 Å². The lowest BCUT2D eigenvalue weighted by Gasteiger charge is -2.22. The van der Waals surface area contributed by atoms with Gasteiger partial charge in [0, 0.05) is 16.5 Å². The first-order valence-electron chi connectivity index (χ1n) is 8.18. The first kappa shape index (κ1) is 19.5. The van der Waals surface area contributed by atoms with Crippen LogP contribution in [0, 0.1) is 11.8 Å². The molecule has 0 fully saturated rings. The smallest absolute Gasteiger partial charge is 0.118 e. The summed E-state index contributed by atoms with van der Waals surface area (Å²) in [7, 11) is 1.65. The highest BCUT2D eigenvalue weighted by molar-refractivity contribution is 9.10. The quantitative estimate of drug-likeness (QED) is 0.672. The molecule has 0 aliphatic heterocycles. The van der Waals surface area contributed by atoms with Crippen LogP contribution >= 0.6 is 15.9 Å². The predicted octanol–water partition coefficient (Wildman–Crippen LogP) is 4.86. The highest BCUT2D eigenvalue weighted by Crippen LogP contribution is 2.30. The molecule has 0 aliphatic rings. The Morgan fingerprint density at radius 2 is 1.88 bits per heavy atom. The fourth-order valence-corrected chi connectivity index (χ4v) is 2.94. The van der Waals surface area contributed by atoms with Crippen molar-refractivity contribution in [3.8, 4) is 17.6 Å². The molecule has 0 heterocycles. The number of halogens is 1. The molecule has 0 saturated heterocycles. The molecule has 1 N–H and O–H groups in total. The van der Waals surface area contributed by atoms with Crippen molar-refractivity contribution < 1.29 is 14.6 Å². The Labute approximate surface area is 158 Å². The Kier molecular flexibility index (Phi) is 7.52. The maximum absolute atomic E-state index is 9.90. The Morgan fingerprint density at radius 1 is 1.16 bits per heavy atom. The summed E-state index contributed by atoms with van der Waals surface area (Å²) in [6.45, 7) is 4.04. The maximum atomic E-state index is 9.90. The lowest BCUT2D eigenvalue weighted by molar-refractivity contribution is 0.00622. The van der Waals surface area contributed by atoms with Gasteiger partial charge in [0.1, 0.15) is 5.75 Å². The zero-order valence-corrected chi connectivity index (χ0v) is 16.3. The summed E-state index contributed by atoms with van der Waals surface area (Å²) < 4.78 is 12.3. The van der Waals surface area contributed by atoms with Crippen LogP contribution in [0.4, 0.5) is 0 Å². The van der Waals surface area contributed by atoms with Crippen LogP contribution in [0.3, 0.4) is 0 Å². The Bertz CT molecular complexity index is 742. The molecule has 2 atom stereocenters. The van der Waals surface area contributed by atoms with Crippen LogP contribution in [0.1, 0.15) is 43.1 Å². The van der Waals surface area contributed by atoms with Gasteiger partial charge in [-0.25, -0.2) is 0 Å². The minimum absolute atomic E-state index is 0.240. The molecule has 0 saturated carbocycles. The summed E-state index contributed by atoms with van der Waals surface area (Å²) in [4.78, 5) is 0. The standard InChI is InChI=1S/C21H23BrO3/c1-4-5-17-8-9-18(22)13-20(17)21(12-15(2)23)25-14-16-6-10-19(24-3)11-7-16/h6-11,13,15,21,23H,12,14H2,1-3H3. The highest BCUT2D eigenvalue weighted by atomic mass is 79.9. The lowest BCUT2D eigenvalue weighted by atomic mass is 9.98. The van der Waals surface area contributed by atoms with Crippen molar-refractivity contribution in [3.05, 3.63) is 63.6 Å². The van der Waals surface area contributed by atoms with Crippen LogP contribution < -0.4 is 4.74 Å². The molecular weight excluding hydrogens is 380 g/mol. The number of aliphatic hydroxyl groups excluding tert-OH is 1. The summed E-state index contributed by atoms with van der Waals surface area (Å²) >= 11 is 3.51. The number of aliphatic hydroxyl groups is 1. The number of rotatable bonds is 7. The first-order valence-corrected chi connectivity index (χ1v) is 8.97. The van der Waals surface area contributed by atoms with Gasteiger partial charge in [-0.2, -0.15) is 0 Å². The maximum Gasteiger partial charge on any atom is 0.118 e. The van der Waals surface area contributed by atoms with Crippen molar-refractivity contribution in [2.75, 3.05) is 7.11 Å². The molecule has 2 aromatic carbocycles. The monoisotopic (exact) mass is 402 g/mol. The zero-order valence-electron chi connectivity index (χ0n) is 14.8. The van der Waals surface area contributed by atoms with Gasteiger partial charge in [-0.05, 0) is 55.3 Å². The summed E-state index contributed by atoms with van der Waals surface area (Å²) in [5.74, 6) is 6.88. The third-order valence-corrected chi connectivity index (χ3v) is 4.28. The summed E-state index contributed by atoms with van der Waals surface area (Å²) in [6, 6.07) is 13.7. The molecule has 25 heavy (non-hydrogen) atoms. The first-order chi connectivity index (χ1) is 12.0. The largest absolute Gasteiger partial charge is 0.497 e. The van der Waals surface area contributed by atoms with E-state index in [1.807, 2.05) is 49.4 Å². The second-order valence-corrected chi connectivity index (χ2v) is 6.75. The molecule has 2 rings (SSSR count). The number of ether oxygens (including phenoxy) is 2. The lowest BCUT2D eigenvalue weighted by Crippen LogP contribution is -2.13. The summed E-state index contributed by atoms with van der Waals surface area (Å²) in [5, 5.41) is 9.90. The van der Waals surface area contributed by atoms with Crippen LogP contribution in [0.5, 0.6) is 5.75 Å². The molecular formula is C21H23BrO3. The highest BCUT2D eigenvalue weighted by Gasteiger charge is 2.18.